The maximum atomic E-state index is 13.2. The van der Waals surface area contributed by atoms with Gasteiger partial charge in [0, 0.05) is 23.9 Å². The van der Waals surface area contributed by atoms with E-state index < -0.39 is 0 Å². The number of carbonyl (C=O) groups excluding carboxylic acids is 1. The summed E-state index contributed by atoms with van der Waals surface area (Å²) < 4.78 is 0. The minimum atomic E-state index is -0.115. The minimum Gasteiger partial charge on any atom is -0.390 e. The first-order valence-corrected chi connectivity index (χ1v) is 10.8. The van der Waals surface area contributed by atoms with Crippen LogP contribution in [0.25, 0.3) is 0 Å². The molecule has 0 N–H and O–H groups in total. The van der Waals surface area contributed by atoms with E-state index in [1.54, 1.807) is 0 Å². The molecule has 2 aromatic rings. The molecule has 4 nitrogen and oxygen atoms in total. The number of aryl methyl sites for hydroxylation is 1. The zero-order chi connectivity index (χ0) is 20.2. The summed E-state index contributed by atoms with van der Waals surface area (Å²) in [5, 5.41) is 5.00. The van der Waals surface area contributed by atoms with Gasteiger partial charge in [0.25, 0.3) is 0 Å². The molecule has 1 aliphatic heterocycles. The zero-order valence-electron chi connectivity index (χ0n) is 16.8. The number of halogens is 1. The first-order valence-electron chi connectivity index (χ1n) is 10.4. The third kappa shape index (κ3) is 4.99. The summed E-state index contributed by atoms with van der Waals surface area (Å²) in [4.78, 5) is 20.9. The van der Waals surface area contributed by atoms with Crippen molar-refractivity contribution in [2.75, 3.05) is 6.54 Å². The number of nitrogens with zero attached hydrogens (tertiary/aromatic N) is 2. The molecule has 1 aliphatic carbocycles. The summed E-state index contributed by atoms with van der Waals surface area (Å²) in [6.07, 6.45) is 4.86. The van der Waals surface area contributed by atoms with E-state index in [2.05, 4.69) is 36.3 Å². The van der Waals surface area contributed by atoms with E-state index >= 15 is 0 Å². The number of amides is 1. The Hall–Kier alpha value is -2.33. The summed E-state index contributed by atoms with van der Waals surface area (Å²) in [5.74, 6) is 0.364. The number of hydrogen-bond donors (Lipinski definition) is 0. The molecule has 1 amide bonds. The largest absolute Gasteiger partial charge is 0.390 e. The van der Waals surface area contributed by atoms with Crippen LogP contribution < -0.4 is 0 Å². The second kappa shape index (κ2) is 9.00. The summed E-state index contributed by atoms with van der Waals surface area (Å²) in [5.41, 5.74) is 4.30. The monoisotopic (exact) mass is 410 g/mol. The zero-order valence-corrected chi connectivity index (χ0v) is 17.6. The highest BCUT2D eigenvalue weighted by atomic mass is 35.5. The number of oxime groups is 1. The normalized spacial score (nSPS) is 19.1. The lowest BCUT2D eigenvalue weighted by Gasteiger charge is -2.27. The molecule has 4 rings (SSSR count). The molecule has 0 unspecified atom stereocenters. The summed E-state index contributed by atoms with van der Waals surface area (Å²) in [7, 11) is 0. The third-order valence-electron chi connectivity index (χ3n) is 5.82. The second-order valence-electron chi connectivity index (χ2n) is 8.17. The number of carbonyl (C=O) groups is 1. The highest BCUT2D eigenvalue weighted by Crippen LogP contribution is 2.28. The number of rotatable bonds is 6. The van der Waals surface area contributed by atoms with E-state index in [4.69, 9.17) is 16.4 Å². The highest BCUT2D eigenvalue weighted by molar-refractivity contribution is 6.30. The van der Waals surface area contributed by atoms with Crippen LogP contribution in [-0.2, 0) is 16.2 Å². The third-order valence-corrected chi connectivity index (χ3v) is 6.06. The summed E-state index contributed by atoms with van der Waals surface area (Å²) in [6.45, 7) is 3.16. The lowest BCUT2D eigenvalue weighted by Crippen LogP contribution is -2.40. The van der Waals surface area contributed by atoms with Gasteiger partial charge < -0.3 is 9.74 Å². The van der Waals surface area contributed by atoms with E-state index in [9.17, 15) is 4.79 Å². The van der Waals surface area contributed by atoms with Crippen molar-refractivity contribution in [2.24, 2.45) is 11.1 Å². The van der Waals surface area contributed by atoms with Crippen molar-refractivity contribution in [3.8, 4) is 0 Å². The highest BCUT2D eigenvalue weighted by Gasteiger charge is 2.31. The van der Waals surface area contributed by atoms with Crippen LogP contribution in [0.1, 0.15) is 48.8 Å². The summed E-state index contributed by atoms with van der Waals surface area (Å²) >= 11 is 6.16. The molecule has 0 saturated heterocycles. The lowest BCUT2D eigenvalue weighted by atomic mass is 10.0. The van der Waals surface area contributed by atoms with Crippen molar-refractivity contribution >= 4 is 23.2 Å². The van der Waals surface area contributed by atoms with Crippen LogP contribution in [0.3, 0.4) is 0 Å². The van der Waals surface area contributed by atoms with E-state index in [1.807, 2.05) is 29.2 Å². The predicted octanol–water partition coefficient (Wildman–Crippen LogP) is 5.36. The van der Waals surface area contributed by atoms with Gasteiger partial charge in [0.15, 0.2) is 6.10 Å². The average molecular weight is 411 g/mol. The van der Waals surface area contributed by atoms with Crippen LogP contribution in [0.4, 0.5) is 0 Å². The topological polar surface area (TPSA) is 41.9 Å². The Labute approximate surface area is 177 Å². The van der Waals surface area contributed by atoms with Crippen molar-refractivity contribution in [1.82, 2.24) is 4.90 Å². The Morgan fingerprint density at radius 3 is 2.66 bits per heavy atom. The van der Waals surface area contributed by atoms with Gasteiger partial charge in [0.05, 0.1) is 12.3 Å². The molecule has 0 bridgehead atoms. The van der Waals surface area contributed by atoms with E-state index in [-0.39, 0.29) is 17.9 Å². The Balaban J connectivity index is 1.45. The van der Waals surface area contributed by atoms with Gasteiger partial charge in [-0.3, -0.25) is 4.79 Å². The standard InChI is InChI=1S/C24H27ClN2O2/c1-17-9-11-19(12-10-17)23-14-22(29-26-23)16-27(24(28)20-6-2-3-7-20)15-18-5-4-8-21(25)13-18/h4-5,8-13,20,22H,2-3,6-7,14-16H2,1H3/t22-/m1/s1. The quantitative estimate of drug-likeness (QED) is 0.643. The van der Waals surface area contributed by atoms with Gasteiger partial charge in [0.1, 0.15) is 0 Å². The smallest absolute Gasteiger partial charge is 0.226 e. The molecule has 29 heavy (non-hydrogen) atoms. The molecule has 0 spiro atoms. The molecule has 5 heteroatoms. The van der Waals surface area contributed by atoms with E-state index in [0.29, 0.717) is 24.5 Å². The minimum absolute atomic E-state index is 0.115. The molecule has 2 aliphatic rings. The SMILES string of the molecule is Cc1ccc(C2=NO[C@@H](CN(Cc3cccc(Cl)c3)C(=O)C3CCCC3)C2)cc1. The first kappa shape index (κ1) is 20.0. The molecule has 1 saturated carbocycles. The van der Waals surface area contributed by atoms with Gasteiger partial charge in [0.2, 0.25) is 5.91 Å². The summed E-state index contributed by atoms with van der Waals surface area (Å²) in [6, 6.07) is 16.1. The van der Waals surface area contributed by atoms with Crippen molar-refractivity contribution in [2.45, 2.75) is 51.7 Å². The molecule has 152 valence electrons. The molecular formula is C24H27ClN2O2. The maximum absolute atomic E-state index is 13.2. The Morgan fingerprint density at radius 1 is 1.17 bits per heavy atom. The van der Waals surface area contributed by atoms with Crippen LogP contribution >= 0.6 is 11.6 Å². The fraction of sp³-hybridized carbons (Fsp3) is 0.417. The van der Waals surface area contributed by atoms with E-state index in [1.165, 1.54) is 5.56 Å². The number of benzene rings is 2. The van der Waals surface area contributed by atoms with Crippen LogP contribution in [0.5, 0.6) is 0 Å². The van der Waals surface area contributed by atoms with Crippen molar-refractivity contribution in [3.63, 3.8) is 0 Å². The van der Waals surface area contributed by atoms with Crippen molar-refractivity contribution in [1.29, 1.82) is 0 Å². The Morgan fingerprint density at radius 2 is 1.93 bits per heavy atom. The fourth-order valence-electron chi connectivity index (χ4n) is 4.21. The van der Waals surface area contributed by atoms with Crippen LogP contribution in [-0.4, -0.2) is 29.2 Å². The predicted molar refractivity (Wildman–Crippen MR) is 116 cm³/mol. The molecule has 1 atom stereocenters. The van der Waals surface area contributed by atoms with Gasteiger partial charge in [-0.1, -0.05) is 71.6 Å². The molecule has 0 radical (unpaired) electrons. The Kier molecular flexibility index (Phi) is 6.19. The first-order chi connectivity index (χ1) is 14.1. The van der Waals surface area contributed by atoms with Gasteiger partial charge in [-0.2, -0.15) is 0 Å². The van der Waals surface area contributed by atoms with Gasteiger partial charge in [-0.05, 0) is 43.0 Å². The van der Waals surface area contributed by atoms with Crippen LogP contribution in [0.2, 0.25) is 5.02 Å². The van der Waals surface area contributed by atoms with Crippen LogP contribution in [0, 0.1) is 12.8 Å². The average Bonchev–Trinajstić information content (AvgIpc) is 3.40. The van der Waals surface area contributed by atoms with Crippen LogP contribution in [0.15, 0.2) is 53.7 Å². The molecule has 2 aromatic carbocycles. The molecule has 0 aromatic heterocycles. The van der Waals surface area contributed by atoms with E-state index in [0.717, 1.165) is 42.5 Å². The van der Waals surface area contributed by atoms with Gasteiger partial charge >= 0.3 is 0 Å². The molecule has 1 fully saturated rings. The Bertz CT molecular complexity index is 888. The lowest BCUT2D eigenvalue weighted by molar-refractivity contribution is -0.137. The van der Waals surface area contributed by atoms with Gasteiger partial charge in [-0.25, -0.2) is 0 Å². The van der Waals surface area contributed by atoms with Crippen molar-refractivity contribution < 1.29 is 9.63 Å². The maximum Gasteiger partial charge on any atom is 0.226 e. The second-order valence-corrected chi connectivity index (χ2v) is 8.60. The number of hydrogen-bond acceptors (Lipinski definition) is 3. The fourth-order valence-corrected chi connectivity index (χ4v) is 4.42. The van der Waals surface area contributed by atoms with Gasteiger partial charge in [-0.15, -0.1) is 0 Å². The van der Waals surface area contributed by atoms with Crippen molar-refractivity contribution in [3.05, 3.63) is 70.2 Å². The molecular weight excluding hydrogens is 384 g/mol. The molecule has 1 heterocycles.